The summed E-state index contributed by atoms with van der Waals surface area (Å²) in [5.74, 6) is 0. The number of likely N-dealkylation sites (N-methyl/N-ethyl adjacent to an activating group) is 1. The van der Waals surface area contributed by atoms with Crippen molar-refractivity contribution in [1.82, 2.24) is 9.88 Å². The summed E-state index contributed by atoms with van der Waals surface area (Å²) in [6.45, 7) is 3.35. The standard InChI is InChI=1S/C23H21F6N5O/c1-33-6-8-34(9-7-33)20-4-5-30-19-3-2-16(13-18(19)20)31-21(35)32-17-11-14(22(24,25)26)10-15(12-17)23(27,28)29/h2-5,10-13H,6-9H2,1H3,(H2,31,32,35). The molecule has 1 aliphatic heterocycles. The van der Waals surface area contributed by atoms with Gasteiger partial charge in [-0.3, -0.25) is 4.98 Å². The molecule has 1 saturated heterocycles. The molecule has 0 atom stereocenters. The summed E-state index contributed by atoms with van der Waals surface area (Å²) in [7, 11) is 2.03. The molecule has 0 unspecified atom stereocenters. The minimum absolute atomic E-state index is 0.000693. The first kappa shape index (κ1) is 24.6. The Morgan fingerprint density at radius 2 is 1.43 bits per heavy atom. The number of carbonyl (C=O) groups excluding carboxylic acids is 1. The van der Waals surface area contributed by atoms with E-state index in [4.69, 9.17) is 0 Å². The molecule has 3 aromatic rings. The van der Waals surface area contributed by atoms with Gasteiger partial charge in [-0.1, -0.05) is 0 Å². The Kier molecular flexibility index (Phi) is 6.50. The fourth-order valence-corrected chi connectivity index (χ4v) is 3.85. The third kappa shape index (κ3) is 5.76. The number of hydrogen-bond donors (Lipinski definition) is 2. The highest BCUT2D eigenvalue weighted by atomic mass is 19.4. The Morgan fingerprint density at radius 3 is 2.03 bits per heavy atom. The molecule has 0 aliphatic carbocycles. The summed E-state index contributed by atoms with van der Waals surface area (Å²) in [6.07, 6.45) is -8.35. The Hall–Kier alpha value is -3.54. The minimum atomic E-state index is -5.01. The van der Waals surface area contributed by atoms with Gasteiger partial charge in [0, 0.05) is 54.8 Å². The highest BCUT2D eigenvalue weighted by molar-refractivity contribution is 6.02. The molecule has 186 valence electrons. The van der Waals surface area contributed by atoms with Crippen molar-refractivity contribution in [3.05, 3.63) is 59.8 Å². The number of nitrogens with one attached hydrogen (secondary N) is 2. The number of carbonyl (C=O) groups is 1. The molecule has 0 spiro atoms. The molecule has 1 fully saturated rings. The first-order valence-electron chi connectivity index (χ1n) is 10.6. The van der Waals surface area contributed by atoms with Crippen LogP contribution in [0.4, 0.5) is 48.2 Å². The maximum atomic E-state index is 13.1. The van der Waals surface area contributed by atoms with E-state index in [1.165, 1.54) is 0 Å². The second kappa shape index (κ2) is 9.25. The number of pyridine rings is 1. The van der Waals surface area contributed by atoms with Crippen LogP contribution in [0.25, 0.3) is 10.9 Å². The summed E-state index contributed by atoms with van der Waals surface area (Å²) in [5, 5.41) is 5.29. The fraction of sp³-hybridized carbons (Fsp3) is 0.304. The summed E-state index contributed by atoms with van der Waals surface area (Å²) >= 11 is 0. The SMILES string of the molecule is CN1CCN(c2ccnc3ccc(NC(=O)Nc4cc(C(F)(F)F)cc(C(F)(F)F)c4)cc23)CC1. The number of nitrogens with zero attached hydrogens (tertiary/aromatic N) is 3. The first-order valence-corrected chi connectivity index (χ1v) is 10.6. The van der Waals surface area contributed by atoms with Gasteiger partial charge < -0.3 is 20.4 Å². The van der Waals surface area contributed by atoms with Gasteiger partial charge in [0.1, 0.15) is 0 Å². The molecule has 6 nitrogen and oxygen atoms in total. The zero-order valence-corrected chi connectivity index (χ0v) is 18.5. The molecule has 12 heteroatoms. The normalized spacial score (nSPS) is 15.3. The predicted molar refractivity (Wildman–Crippen MR) is 121 cm³/mol. The summed E-state index contributed by atoms with van der Waals surface area (Å²) in [4.78, 5) is 21.2. The average Bonchev–Trinajstić information content (AvgIpc) is 2.78. The predicted octanol–water partition coefficient (Wildman–Crippen LogP) is 5.67. The van der Waals surface area contributed by atoms with Crippen LogP contribution in [0.5, 0.6) is 0 Å². The van der Waals surface area contributed by atoms with Gasteiger partial charge in [-0.2, -0.15) is 26.3 Å². The van der Waals surface area contributed by atoms with Gasteiger partial charge in [0.05, 0.1) is 16.6 Å². The van der Waals surface area contributed by atoms with Crippen molar-refractivity contribution in [2.45, 2.75) is 12.4 Å². The molecular weight excluding hydrogens is 476 g/mol. The number of piperazine rings is 1. The van der Waals surface area contributed by atoms with Crippen LogP contribution in [0.3, 0.4) is 0 Å². The topological polar surface area (TPSA) is 60.5 Å². The summed E-state index contributed by atoms with van der Waals surface area (Å²) < 4.78 is 78.4. The minimum Gasteiger partial charge on any atom is -0.368 e. The van der Waals surface area contributed by atoms with Crippen LogP contribution in [0.15, 0.2) is 48.7 Å². The number of aromatic nitrogens is 1. The molecule has 4 rings (SSSR count). The molecule has 2 aromatic carbocycles. The number of rotatable bonds is 3. The zero-order chi connectivity index (χ0) is 25.4. The van der Waals surface area contributed by atoms with E-state index in [1.54, 1.807) is 24.4 Å². The molecule has 0 saturated carbocycles. The molecule has 2 N–H and O–H groups in total. The van der Waals surface area contributed by atoms with Gasteiger partial charge in [0.25, 0.3) is 0 Å². The Bertz CT molecular complexity index is 1200. The molecule has 0 radical (unpaired) electrons. The number of urea groups is 1. The van der Waals surface area contributed by atoms with Gasteiger partial charge in [0.15, 0.2) is 0 Å². The summed E-state index contributed by atoms with van der Waals surface area (Å²) in [5.41, 5.74) is -1.76. The van der Waals surface area contributed by atoms with E-state index in [-0.39, 0.29) is 6.07 Å². The van der Waals surface area contributed by atoms with Crippen molar-refractivity contribution in [2.24, 2.45) is 0 Å². The zero-order valence-electron chi connectivity index (χ0n) is 18.5. The van der Waals surface area contributed by atoms with Crippen LogP contribution < -0.4 is 15.5 Å². The van der Waals surface area contributed by atoms with E-state index in [2.05, 4.69) is 25.4 Å². The second-order valence-electron chi connectivity index (χ2n) is 8.23. The molecule has 0 bridgehead atoms. The van der Waals surface area contributed by atoms with Crippen LogP contribution in [-0.2, 0) is 12.4 Å². The lowest BCUT2D eigenvalue weighted by Gasteiger charge is -2.34. The number of halogens is 6. The smallest absolute Gasteiger partial charge is 0.368 e. The van der Waals surface area contributed by atoms with E-state index in [1.807, 2.05) is 13.1 Å². The van der Waals surface area contributed by atoms with Crippen LogP contribution in [0, 0.1) is 0 Å². The quantitative estimate of drug-likeness (QED) is 0.458. The van der Waals surface area contributed by atoms with Crippen molar-refractivity contribution in [3.63, 3.8) is 0 Å². The van der Waals surface area contributed by atoms with E-state index in [0.717, 1.165) is 37.3 Å². The second-order valence-corrected chi connectivity index (χ2v) is 8.23. The van der Waals surface area contributed by atoms with Crippen LogP contribution >= 0.6 is 0 Å². The molecule has 2 heterocycles. The summed E-state index contributed by atoms with van der Waals surface area (Å²) in [6, 6.07) is 6.67. The van der Waals surface area contributed by atoms with Crippen molar-refractivity contribution in [2.75, 3.05) is 48.8 Å². The number of anilines is 3. The lowest BCUT2D eigenvalue weighted by Crippen LogP contribution is -2.44. The number of hydrogen-bond acceptors (Lipinski definition) is 4. The Morgan fingerprint density at radius 1 is 0.829 bits per heavy atom. The van der Waals surface area contributed by atoms with E-state index in [9.17, 15) is 31.1 Å². The highest BCUT2D eigenvalue weighted by Gasteiger charge is 2.37. The van der Waals surface area contributed by atoms with Gasteiger partial charge in [-0.25, -0.2) is 4.79 Å². The van der Waals surface area contributed by atoms with Gasteiger partial charge in [-0.05, 0) is 49.5 Å². The van der Waals surface area contributed by atoms with Gasteiger partial charge in [0.2, 0.25) is 0 Å². The number of alkyl halides is 6. The third-order valence-corrected chi connectivity index (χ3v) is 5.67. The van der Waals surface area contributed by atoms with Gasteiger partial charge >= 0.3 is 18.4 Å². The van der Waals surface area contributed by atoms with Crippen molar-refractivity contribution >= 4 is 34.0 Å². The van der Waals surface area contributed by atoms with Crippen LogP contribution in [-0.4, -0.2) is 49.1 Å². The molecular formula is C23H21F6N5O. The van der Waals surface area contributed by atoms with Crippen molar-refractivity contribution in [1.29, 1.82) is 0 Å². The lowest BCUT2D eigenvalue weighted by molar-refractivity contribution is -0.143. The maximum absolute atomic E-state index is 13.1. The number of benzene rings is 2. The largest absolute Gasteiger partial charge is 0.416 e. The molecule has 1 aromatic heterocycles. The molecule has 1 aliphatic rings. The van der Waals surface area contributed by atoms with Crippen molar-refractivity contribution in [3.8, 4) is 0 Å². The number of amides is 2. The van der Waals surface area contributed by atoms with E-state index < -0.39 is 35.2 Å². The highest BCUT2D eigenvalue weighted by Crippen LogP contribution is 2.37. The van der Waals surface area contributed by atoms with Crippen LogP contribution in [0.2, 0.25) is 0 Å². The maximum Gasteiger partial charge on any atom is 0.416 e. The van der Waals surface area contributed by atoms with Crippen molar-refractivity contribution < 1.29 is 31.1 Å². The monoisotopic (exact) mass is 497 g/mol. The lowest BCUT2D eigenvalue weighted by atomic mass is 10.1. The third-order valence-electron chi connectivity index (χ3n) is 5.67. The van der Waals surface area contributed by atoms with E-state index in [0.29, 0.717) is 23.3 Å². The first-order chi connectivity index (χ1) is 16.4. The average molecular weight is 497 g/mol. The number of fused-ring (bicyclic) bond motifs is 1. The van der Waals surface area contributed by atoms with E-state index >= 15 is 0 Å². The van der Waals surface area contributed by atoms with Crippen LogP contribution in [0.1, 0.15) is 11.1 Å². The Labute approximate surface area is 196 Å². The molecule has 2 amide bonds. The Balaban J connectivity index is 1.57. The molecule has 35 heavy (non-hydrogen) atoms. The van der Waals surface area contributed by atoms with Gasteiger partial charge in [-0.15, -0.1) is 0 Å². The fourth-order valence-electron chi connectivity index (χ4n) is 3.85.